The summed E-state index contributed by atoms with van der Waals surface area (Å²) in [5.74, 6) is 0. The third-order valence-corrected chi connectivity index (χ3v) is 3.80. The Hall–Kier alpha value is -0.990. The number of halogens is 2. The lowest BCUT2D eigenvalue weighted by Crippen LogP contribution is -2.06. The van der Waals surface area contributed by atoms with Gasteiger partial charge in [0.05, 0.1) is 0 Å². The second kappa shape index (κ2) is 5.77. The SMILES string of the molecule is Cc1ccc(NC(C)c2cccc(Br)c2)cc1Cl. The van der Waals surface area contributed by atoms with Gasteiger partial charge in [0.15, 0.2) is 0 Å². The van der Waals surface area contributed by atoms with Gasteiger partial charge in [-0.05, 0) is 49.2 Å². The van der Waals surface area contributed by atoms with Crippen molar-refractivity contribution in [2.75, 3.05) is 5.32 Å². The maximum Gasteiger partial charge on any atom is 0.0486 e. The largest absolute Gasteiger partial charge is 0.378 e. The van der Waals surface area contributed by atoms with E-state index in [0.717, 1.165) is 20.7 Å². The van der Waals surface area contributed by atoms with Crippen LogP contribution in [-0.4, -0.2) is 0 Å². The Morgan fingerprint density at radius 2 is 1.94 bits per heavy atom. The Morgan fingerprint density at radius 1 is 1.17 bits per heavy atom. The van der Waals surface area contributed by atoms with E-state index in [2.05, 4.69) is 46.4 Å². The van der Waals surface area contributed by atoms with Gasteiger partial charge in [-0.2, -0.15) is 0 Å². The average Bonchev–Trinajstić information content (AvgIpc) is 2.34. The molecule has 2 aromatic carbocycles. The minimum atomic E-state index is 0.237. The van der Waals surface area contributed by atoms with Gasteiger partial charge in [0, 0.05) is 21.2 Å². The molecule has 0 aliphatic rings. The molecule has 1 nitrogen and oxygen atoms in total. The number of rotatable bonds is 3. The lowest BCUT2D eigenvalue weighted by molar-refractivity contribution is 0.884. The standard InChI is InChI=1S/C15H15BrClN/c1-10-6-7-14(9-15(10)17)18-11(2)12-4-3-5-13(16)8-12/h3-9,11,18H,1-2H3. The van der Waals surface area contributed by atoms with Crippen molar-refractivity contribution in [3.63, 3.8) is 0 Å². The van der Waals surface area contributed by atoms with Crippen molar-refractivity contribution >= 4 is 33.2 Å². The first kappa shape index (κ1) is 13.4. The van der Waals surface area contributed by atoms with Crippen LogP contribution in [0.3, 0.4) is 0 Å². The summed E-state index contributed by atoms with van der Waals surface area (Å²) >= 11 is 9.61. The summed E-state index contributed by atoms with van der Waals surface area (Å²) in [7, 11) is 0. The highest BCUT2D eigenvalue weighted by Gasteiger charge is 2.06. The van der Waals surface area contributed by atoms with E-state index in [9.17, 15) is 0 Å². The molecule has 0 fully saturated rings. The van der Waals surface area contributed by atoms with Gasteiger partial charge < -0.3 is 5.32 Å². The topological polar surface area (TPSA) is 12.0 Å². The van der Waals surface area contributed by atoms with E-state index >= 15 is 0 Å². The van der Waals surface area contributed by atoms with Crippen molar-refractivity contribution in [1.82, 2.24) is 0 Å². The van der Waals surface area contributed by atoms with Crippen LogP contribution in [0.25, 0.3) is 0 Å². The summed E-state index contributed by atoms with van der Waals surface area (Å²) in [6.07, 6.45) is 0. The minimum Gasteiger partial charge on any atom is -0.378 e. The van der Waals surface area contributed by atoms with Gasteiger partial charge in [0.25, 0.3) is 0 Å². The maximum atomic E-state index is 6.12. The highest BCUT2D eigenvalue weighted by atomic mass is 79.9. The third kappa shape index (κ3) is 3.27. The highest BCUT2D eigenvalue weighted by Crippen LogP contribution is 2.25. The number of hydrogen-bond donors (Lipinski definition) is 1. The molecule has 0 bridgehead atoms. The monoisotopic (exact) mass is 323 g/mol. The van der Waals surface area contributed by atoms with Crippen LogP contribution in [0.5, 0.6) is 0 Å². The van der Waals surface area contributed by atoms with Gasteiger partial charge in [-0.1, -0.05) is 45.7 Å². The summed E-state index contributed by atoms with van der Waals surface area (Å²) in [4.78, 5) is 0. The molecule has 0 saturated carbocycles. The third-order valence-electron chi connectivity index (χ3n) is 2.90. The van der Waals surface area contributed by atoms with E-state index in [-0.39, 0.29) is 6.04 Å². The molecule has 2 rings (SSSR count). The van der Waals surface area contributed by atoms with Crippen LogP contribution in [-0.2, 0) is 0 Å². The van der Waals surface area contributed by atoms with Gasteiger partial charge in [0.1, 0.15) is 0 Å². The molecule has 0 radical (unpaired) electrons. The maximum absolute atomic E-state index is 6.12. The fourth-order valence-corrected chi connectivity index (χ4v) is 2.39. The molecule has 0 spiro atoms. The Kier molecular flexibility index (Phi) is 4.31. The number of nitrogens with one attached hydrogen (secondary N) is 1. The van der Waals surface area contributed by atoms with E-state index in [1.165, 1.54) is 5.56 Å². The molecule has 0 aliphatic heterocycles. The first-order valence-electron chi connectivity index (χ1n) is 5.84. The van der Waals surface area contributed by atoms with Crippen molar-refractivity contribution < 1.29 is 0 Å². The van der Waals surface area contributed by atoms with Crippen LogP contribution < -0.4 is 5.32 Å². The Morgan fingerprint density at radius 3 is 2.61 bits per heavy atom. The zero-order valence-corrected chi connectivity index (χ0v) is 12.7. The van der Waals surface area contributed by atoms with Crippen LogP contribution >= 0.6 is 27.5 Å². The van der Waals surface area contributed by atoms with E-state index in [1.54, 1.807) is 0 Å². The van der Waals surface area contributed by atoms with Crippen LogP contribution in [0.4, 0.5) is 5.69 Å². The smallest absolute Gasteiger partial charge is 0.0486 e. The lowest BCUT2D eigenvalue weighted by Gasteiger charge is -2.16. The first-order valence-corrected chi connectivity index (χ1v) is 7.01. The molecule has 18 heavy (non-hydrogen) atoms. The quantitative estimate of drug-likeness (QED) is 0.776. The van der Waals surface area contributed by atoms with Crippen molar-refractivity contribution in [2.24, 2.45) is 0 Å². The van der Waals surface area contributed by atoms with Crippen LogP contribution in [0, 0.1) is 6.92 Å². The van der Waals surface area contributed by atoms with Crippen molar-refractivity contribution in [3.05, 3.63) is 63.1 Å². The number of anilines is 1. The van der Waals surface area contributed by atoms with Gasteiger partial charge in [0.2, 0.25) is 0 Å². The fraction of sp³-hybridized carbons (Fsp3) is 0.200. The molecule has 1 unspecified atom stereocenters. The van der Waals surface area contributed by atoms with E-state index < -0.39 is 0 Å². The lowest BCUT2D eigenvalue weighted by atomic mass is 10.1. The summed E-state index contributed by atoms with van der Waals surface area (Å²) in [5, 5.41) is 4.24. The normalized spacial score (nSPS) is 12.2. The molecule has 0 aliphatic carbocycles. The van der Waals surface area contributed by atoms with Crippen molar-refractivity contribution in [3.8, 4) is 0 Å². The van der Waals surface area contributed by atoms with Crippen molar-refractivity contribution in [2.45, 2.75) is 19.9 Å². The number of aryl methyl sites for hydroxylation is 1. The van der Waals surface area contributed by atoms with Gasteiger partial charge >= 0.3 is 0 Å². The van der Waals surface area contributed by atoms with E-state index in [0.29, 0.717) is 0 Å². The molecule has 1 N–H and O–H groups in total. The molecule has 0 heterocycles. The Labute approximate surface area is 121 Å². The van der Waals surface area contributed by atoms with E-state index in [4.69, 9.17) is 11.6 Å². The van der Waals surface area contributed by atoms with Crippen LogP contribution in [0.1, 0.15) is 24.1 Å². The second-order valence-corrected chi connectivity index (χ2v) is 5.71. The second-order valence-electron chi connectivity index (χ2n) is 4.38. The predicted octanol–water partition coefficient (Wildman–Crippen LogP) is 5.58. The van der Waals surface area contributed by atoms with Crippen molar-refractivity contribution in [1.29, 1.82) is 0 Å². The molecule has 3 heteroatoms. The zero-order chi connectivity index (χ0) is 13.1. The molecule has 0 saturated heterocycles. The molecule has 0 amide bonds. The average molecular weight is 325 g/mol. The van der Waals surface area contributed by atoms with Crippen LogP contribution in [0.15, 0.2) is 46.9 Å². The molecule has 2 aromatic rings. The molecular weight excluding hydrogens is 310 g/mol. The highest BCUT2D eigenvalue weighted by molar-refractivity contribution is 9.10. The number of benzene rings is 2. The van der Waals surface area contributed by atoms with E-state index in [1.807, 2.05) is 31.2 Å². The van der Waals surface area contributed by atoms with Gasteiger partial charge in [-0.25, -0.2) is 0 Å². The Bertz CT molecular complexity index is 554. The first-order chi connectivity index (χ1) is 8.56. The Balaban J connectivity index is 2.16. The minimum absolute atomic E-state index is 0.237. The molecule has 94 valence electrons. The molecular formula is C15H15BrClN. The molecule has 0 aromatic heterocycles. The summed E-state index contributed by atoms with van der Waals surface area (Å²) in [6, 6.07) is 14.6. The molecule has 1 atom stereocenters. The zero-order valence-electron chi connectivity index (χ0n) is 10.4. The summed E-state index contributed by atoms with van der Waals surface area (Å²) in [6.45, 7) is 4.14. The fourth-order valence-electron chi connectivity index (χ4n) is 1.79. The van der Waals surface area contributed by atoms with Gasteiger partial charge in [-0.3, -0.25) is 0 Å². The van der Waals surface area contributed by atoms with Gasteiger partial charge in [-0.15, -0.1) is 0 Å². The summed E-state index contributed by atoms with van der Waals surface area (Å²) < 4.78 is 1.09. The number of hydrogen-bond acceptors (Lipinski definition) is 1. The van der Waals surface area contributed by atoms with Crippen LogP contribution in [0.2, 0.25) is 5.02 Å². The predicted molar refractivity (Wildman–Crippen MR) is 82.4 cm³/mol. The summed E-state index contributed by atoms with van der Waals surface area (Å²) in [5.41, 5.74) is 3.37.